The molecule has 6 nitrogen and oxygen atoms in total. The van der Waals surface area contributed by atoms with Crippen LogP contribution in [0.4, 0.5) is 0 Å². The summed E-state index contributed by atoms with van der Waals surface area (Å²) in [4.78, 5) is 24.3. The van der Waals surface area contributed by atoms with Gasteiger partial charge in [-0.05, 0) is 19.1 Å². The number of nitrogens with zero attached hydrogens (tertiary/aromatic N) is 1. The van der Waals surface area contributed by atoms with E-state index in [1.54, 1.807) is 19.1 Å². The Bertz CT molecular complexity index is 414. The Kier molecular flexibility index (Phi) is 3.14. The van der Waals surface area contributed by atoms with E-state index in [1.165, 1.54) is 11.2 Å². The lowest BCUT2D eigenvalue weighted by Gasteiger charge is -2.34. The van der Waals surface area contributed by atoms with Crippen molar-refractivity contribution in [1.29, 1.82) is 0 Å². The molecule has 0 aliphatic carbocycles. The first kappa shape index (κ1) is 11.7. The monoisotopic (exact) mass is 239 g/mol. The molecule has 2 atom stereocenters. The Morgan fingerprint density at radius 3 is 2.82 bits per heavy atom. The van der Waals surface area contributed by atoms with Gasteiger partial charge in [-0.25, -0.2) is 4.79 Å². The molecule has 17 heavy (non-hydrogen) atoms. The molecule has 6 heteroatoms. The fraction of sp³-hybridized carbons (Fsp3) is 0.455. The van der Waals surface area contributed by atoms with Crippen LogP contribution in [-0.4, -0.2) is 47.2 Å². The Morgan fingerprint density at radius 1 is 1.47 bits per heavy atom. The summed E-state index contributed by atoms with van der Waals surface area (Å²) in [6.07, 6.45) is 0.132. The van der Waals surface area contributed by atoms with Gasteiger partial charge in [0.15, 0.2) is 11.9 Å². The molecule has 0 saturated carbocycles. The number of amides is 1. The predicted molar refractivity (Wildman–Crippen MR) is 56.6 cm³/mol. The van der Waals surface area contributed by atoms with Crippen LogP contribution in [0.3, 0.4) is 0 Å². The molecule has 1 aromatic heterocycles. The van der Waals surface area contributed by atoms with Crippen molar-refractivity contribution < 1.29 is 23.8 Å². The second-order valence-corrected chi connectivity index (χ2v) is 3.96. The average Bonchev–Trinajstić information content (AvgIpc) is 2.80. The van der Waals surface area contributed by atoms with Crippen LogP contribution >= 0.6 is 0 Å². The van der Waals surface area contributed by atoms with Crippen molar-refractivity contribution in [2.75, 3.05) is 13.1 Å². The Morgan fingerprint density at radius 2 is 2.24 bits per heavy atom. The molecule has 2 rings (SSSR count). The molecule has 0 radical (unpaired) electrons. The van der Waals surface area contributed by atoms with Crippen molar-refractivity contribution >= 4 is 11.9 Å². The van der Waals surface area contributed by atoms with Crippen molar-refractivity contribution in [2.45, 2.75) is 19.1 Å². The first-order valence-corrected chi connectivity index (χ1v) is 5.29. The number of morpholine rings is 1. The van der Waals surface area contributed by atoms with Gasteiger partial charge in [-0.3, -0.25) is 4.79 Å². The fourth-order valence-corrected chi connectivity index (χ4v) is 1.81. The predicted octanol–water partition coefficient (Wildman–Crippen LogP) is 0.594. The molecule has 1 unspecified atom stereocenters. The molecule has 1 aromatic rings. The van der Waals surface area contributed by atoms with E-state index in [9.17, 15) is 9.59 Å². The van der Waals surface area contributed by atoms with Gasteiger partial charge in [0.2, 0.25) is 0 Å². The lowest BCUT2D eigenvalue weighted by molar-refractivity contribution is -0.160. The largest absolute Gasteiger partial charge is 0.479 e. The van der Waals surface area contributed by atoms with Gasteiger partial charge in [0.1, 0.15) is 0 Å². The minimum atomic E-state index is -1.06. The second-order valence-electron chi connectivity index (χ2n) is 3.96. The van der Waals surface area contributed by atoms with Gasteiger partial charge in [-0.2, -0.15) is 0 Å². The number of hydrogen-bond donors (Lipinski definition) is 1. The molecule has 92 valence electrons. The van der Waals surface area contributed by atoms with Crippen LogP contribution in [0.25, 0.3) is 0 Å². The van der Waals surface area contributed by atoms with E-state index in [0.717, 1.165) is 0 Å². The number of rotatable bonds is 2. The van der Waals surface area contributed by atoms with Crippen molar-refractivity contribution in [2.24, 2.45) is 0 Å². The van der Waals surface area contributed by atoms with Crippen molar-refractivity contribution in [3.05, 3.63) is 24.2 Å². The van der Waals surface area contributed by atoms with Gasteiger partial charge in [0, 0.05) is 6.54 Å². The molecule has 1 aliphatic rings. The standard InChI is InChI=1S/C11H13NO5/c1-7-5-12(6-9(17-7)11(14)15)10(13)8-3-2-4-16-8/h2-4,7,9H,5-6H2,1H3,(H,14,15)/t7-,9?/m1/s1. The lowest BCUT2D eigenvalue weighted by Crippen LogP contribution is -2.51. The maximum Gasteiger partial charge on any atom is 0.334 e. The second kappa shape index (κ2) is 4.58. The number of carbonyl (C=O) groups excluding carboxylic acids is 1. The number of aliphatic carboxylic acids is 1. The van der Waals surface area contributed by atoms with Crippen LogP contribution < -0.4 is 0 Å². The fourth-order valence-electron chi connectivity index (χ4n) is 1.81. The van der Waals surface area contributed by atoms with E-state index in [-0.39, 0.29) is 24.3 Å². The van der Waals surface area contributed by atoms with Crippen LogP contribution in [0.1, 0.15) is 17.5 Å². The van der Waals surface area contributed by atoms with E-state index in [1.807, 2.05) is 0 Å². The molecular formula is C11H13NO5. The van der Waals surface area contributed by atoms with E-state index in [2.05, 4.69) is 0 Å². The number of hydrogen-bond acceptors (Lipinski definition) is 4. The van der Waals surface area contributed by atoms with E-state index >= 15 is 0 Å². The van der Waals surface area contributed by atoms with E-state index in [4.69, 9.17) is 14.3 Å². The van der Waals surface area contributed by atoms with Crippen molar-refractivity contribution in [3.63, 3.8) is 0 Å². The van der Waals surface area contributed by atoms with Gasteiger partial charge < -0.3 is 19.2 Å². The number of carbonyl (C=O) groups is 2. The lowest BCUT2D eigenvalue weighted by atomic mass is 10.2. The summed E-state index contributed by atoms with van der Waals surface area (Å²) in [5, 5.41) is 8.90. The summed E-state index contributed by atoms with van der Waals surface area (Å²) >= 11 is 0. The zero-order valence-corrected chi connectivity index (χ0v) is 9.33. The molecule has 0 bridgehead atoms. The van der Waals surface area contributed by atoms with Gasteiger partial charge in [-0.15, -0.1) is 0 Å². The first-order valence-electron chi connectivity index (χ1n) is 5.29. The smallest absolute Gasteiger partial charge is 0.334 e. The molecule has 1 saturated heterocycles. The summed E-state index contributed by atoms with van der Waals surface area (Å²) in [6, 6.07) is 3.17. The third kappa shape index (κ3) is 2.47. The summed E-state index contributed by atoms with van der Waals surface area (Å²) in [6.45, 7) is 2.14. The van der Waals surface area contributed by atoms with Crippen molar-refractivity contribution in [1.82, 2.24) is 4.90 Å². The van der Waals surface area contributed by atoms with Gasteiger partial charge in [0.05, 0.1) is 18.9 Å². The molecule has 0 aromatic carbocycles. The maximum absolute atomic E-state index is 12.0. The van der Waals surface area contributed by atoms with E-state index in [0.29, 0.717) is 6.54 Å². The number of furan rings is 1. The van der Waals surface area contributed by atoms with Crippen LogP contribution in [-0.2, 0) is 9.53 Å². The zero-order chi connectivity index (χ0) is 12.4. The van der Waals surface area contributed by atoms with Crippen LogP contribution in [0.2, 0.25) is 0 Å². The third-order valence-corrected chi connectivity index (χ3v) is 2.55. The third-order valence-electron chi connectivity index (χ3n) is 2.55. The highest BCUT2D eigenvalue weighted by Gasteiger charge is 2.33. The number of carboxylic acid groups (broad SMARTS) is 1. The first-order chi connectivity index (χ1) is 8.08. The summed E-state index contributed by atoms with van der Waals surface area (Å²) < 4.78 is 10.2. The molecule has 1 fully saturated rings. The Balaban J connectivity index is 2.10. The normalized spacial score (nSPS) is 24.6. The quantitative estimate of drug-likeness (QED) is 0.817. The van der Waals surface area contributed by atoms with E-state index < -0.39 is 12.1 Å². The Labute approximate surface area is 97.8 Å². The van der Waals surface area contributed by atoms with Crippen LogP contribution in [0.15, 0.2) is 22.8 Å². The summed E-state index contributed by atoms with van der Waals surface area (Å²) in [7, 11) is 0. The van der Waals surface area contributed by atoms with Crippen LogP contribution in [0, 0.1) is 0 Å². The molecule has 1 amide bonds. The summed E-state index contributed by atoms with van der Waals surface area (Å²) in [5.41, 5.74) is 0. The van der Waals surface area contributed by atoms with Crippen LogP contribution in [0.5, 0.6) is 0 Å². The van der Waals surface area contributed by atoms with Crippen molar-refractivity contribution in [3.8, 4) is 0 Å². The zero-order valence-electron chi connectivity index (χ0n) is 9.33. The highest BCUT2D eigenvalue weighted by molar-refractivity contribution is 5.92. The average molecular weight is 239 g/mol. The summed E-state index contributed by atoms with van der Waals surface area (Å²) in [5.74, 6) is -1.16. The van der Waals surface area contributed by atoms with Gasteiger partial charge >= 0.3 is 5.97 Å². The maximum atomic E-state index is 12.0. The van der Waals surface area contributed by atoms with Gasteiger partial charge in [-0.1, -0.05) is 0 Å². The Hall–Kier alpha value is -1.82. The molecule has 1 aliphatic heterocycles. The highest BCUT2D eigenvalue weighted by Crippen LogP contribution is 2.15. The topological polar surface area (TPSA) is 80.0 Å². The SMILES string of the molecule is C[C@@H]1CN(C(=O)c2ccco2)CC(C(=O)O)O1. The molecule has 2 heterocycles. The minimum Gasteiger partial charge on any atom is -0.479 e. The number of carboxylic acids is 1. The molecule has 0 spiro atoms. The highest BCUT2D eigenvalue weighted by atomic mass is 16.5. The minimum absolute atomic E-state index is 0.0409. The van der Waals surface area contributed by atoms with Gasteiger partial charge in [0.25, 0.3) is 5.91 Å². The molecular weight excluding hydrogens is 226 g/mol. The number of ether oxygens (including phenoxy) is 1. The molecule has 1 N–H and O–H groups in total.